The van der Waals surface area contributed by atoms with Crippen LogP contribution in [0, 0.1) is 5.92 Å². The van der Waals surface area contributed by atoms with Gasteiger partial charge in [-0.2, -0.15) is 0 Å². The van der Waals surface area contributed by atoms with Gasteiger partial charge in [-0.15, -0.1) is 6.58 Å². The van der Waals surface area contributed by atoms with Crippen LogP contribution in [0.4, 0.5) is 0 Å². The number of nitrogens with zero attached hydrogens (tertiary/aromatic N) is 3. The van der Waals surface area contributed by atoms with E-state index < -0.39 is 0 Å². The molecule has 3 N–H and O–H groups in total. The molecule has 1 aliphatic heterocycles. The lowest BCUT2D eigenvalue weighted by atomic mass is 9.91. The van der Waals surface area contributed by atoms with Gasteiger partial charge in [0, 0.05) is 60.4 Å². The third-order valence-corrected chi connectivity index (χ3v) is 11.2. The number of para-hydroxylation sites is 1. The van der Waals surface area contributed by atoms with E-state index in [0.29, 0.717) is 5.92 Å². The van der Waals surface area contributed by atoms with Crippen LogP contribution in [0.2, 0.25) is 0 Å². The number of rotatable bonds is 25. The minimum absolute atomic E-state index is 0.0816. The SMILES string of the molecule is C=CCNC(=C)C1CCCCN1C(=C)C(NC(=C)C(Cc1cn(CCN(C)SC)c2ccccc12)NCCCCCC(=C)CC)C(C)CC. The highest BCUT2D eigenvalue weighted by atomic mass is 32.2. The number of aromatic nitrogens is 1. The second kappa shape index (κ2) is 21.4. The van der Waals surface area contributed by atoms with E-state index in [9.17, 15) is 0 Å². The molecule has 1 aromatic carbocycles. The summed E-state index contributed by atoms with van der Waals surface area (Å²) < 4.78 is 4.72. The van der Waals surface area contributed by atoms with Crippen molar-refractivity contribution < 1.29 is 0 Å². The van der Waals surface area contributed by atoms with Gasteiger partial charge in [0.05, 0.1) is 18.1 Å². The van der Waals surface area contributed by atoms with E-state index in [-0.39, 0.29) is 18.1 Å². The number of allylic oxidation sites excluding steroid dienone is 1. The van der Waals surface area contributed by atoms with E-state index >= 15 is 0 Å². The van der Waals surface area contributed by atoms with Crippen LogP contribution >= 0.6 is 11.9 Å². The van der Waals surface area contributed by atoms with E-state index in [2.05, 4.69) is 114 Å². The number of likely N-dealkylation sites (tertiary alicyclic amines) is 1. The molecule has 0 amide bonds. The van der Waals surface area contributed by atoms with Crippen molar-refractivity contribution in [1.29, 1.82) is 0 Å². The summed E-state index contributed by atoms with van der Waals surface area (Å²) in [5, 5.41) is 12.7. The molecule has 2 aromatic rings. The van der Waals surface area contributed by atoms with Crippen molar-refractivity contribution >= 4 is 22.9 Å². The molecular weight excluding hydrogens is 621 g/mol. The smallest absolute Gasteiger partial charge is 0.0680 e. The van der Waals surface area contributed by atoms with Gasteiger partial charge in [0.15, 0.2) is 0 Å². The molecule has 0 saturated carbocycles. The maximum Gasteiger partial charge on any atom is 0.0680 e. The molecule has 1 fully saturated rings. The Kier molecular flexibility index (Phi) is 17.7. The molecule has 49 heavy (non-hydrogen) atoms. The van der Waals surface area contributed by atoms with Gasteiger partial charge in [0.2, 0.25) is 0 Å². The number of nitrogens with one attached hydrogen (secondary N) is 3. The summed E-state index contributed by atoms with van der Waals surface area (Å²) in [7, 11) is 2.16. The number of piperidine rings is 1. The zero-order valence-corrected chi connectivity index (χ0v) is 32.5. The van der Waals surface area contributed by atoms with Crippen molar-refractivity contribution in [1.82, 2.24) is 29.7 Å². The predicted octanol–water partition coefficient (Wildman–Crippen LogP) is 9.05. The summed E-state index contributed by atoms with van der Waals surface area (Å²) >= 11 is 1.78. The first-order valence-corrected chi connectivity index (χ1v) is 20.0. The van der Waals surface area contributed by atoms with Gasteiger partial charge in [0.1, 0.15) is 0 Å². The predicted molar refractivity (Wildman–Crippen MR) is 218 cm³/mol. The Hall–Kier alpha value is -2.87. The van der Waals surface area contributed by atoms with Crippen LogP contribution in [0.1, 0.15) is 84.1 Å². The topological polar surface area (TPSA) is 47.5 Å². The van der Waals surface area contributed by atoms with Gasteiger partial charge >= 0.3 is 0 Å². The Morgan fingerprint density at radius 2 is 1.88 bits per heavy atom. The summed E-state index contributed by atoms with van der Waals surface area (Å²) in [4.78, 5) is 2.50. The van der Waals surface area contributed by atoms with Crippen LogP contribution in [0.5, 0.6) is 0 Å². The molecule has 272 valence electrons. The number of benzene rings is 1. The fourth-order valence-corrected chi connectivity index (χ4v) is 7.17. The van der Waals surface area contributed by atoms with Gasteiger partial charge in [-0.3, -0.25) is 4.31 Å². The summed E-state index contributed by atoms with van der Waals surface area (Å²) in [5.74, 6) is 0.392. The van der Waals surface area contributed by atoms with Crippen LogP contribution in [0.25, 0.3) is 10.9 Å². The monoisotopic (exact) mass is 689 g/mol. The minimum atomic E-state index is 0.0816. The lowest BCUT2D eigenvalue weighted by molar-refractivity contribution is 0.188. The fraction of sp³-hybridized carbons (Fsp3) is 0.571. The molecule has 4 atom stereocenters. The van der Waals surface area contributed by atoms with Crippen molar-refractivity contribution in [3.05, 3.63) is 97.7 Å². The van der Waals surface area contributed by atoms with Gasteiger partial charge in [-0.25, -0.2) is 0 Å². The van der Waals surface area contributed by atoms with Crippen LogP contribution in [-0.4, -0.2) is 71.4 Å². The molecule has 1 aromatic heterocycles. The third kappa shape index (κ3) is 12.1. The first kappa shape index (κ1) is 40.6. The van der Waals surface area contributed by atoms with Crippen molar-refractivity contribution in [2.45, 2.75) is 110 Å². The lowest BCUT2D eigenvalue weighted by Crippen LogP contribution is -2.51. The Balaban J connectivity index is 1.85. The molecule has 1 saturated heterocycles. The van der Waals surface area contributed by atoms with Crippen molar-refractivity contribution in [2.75, 3.05) is 39.5 Å². The van der Waals surface area contributed by atoms with Crippen molar-refractivity contribution in [2.24, 2.45) is 5.92 Å². The number of hydrogen-bond acceptors (Lipinski definition) is 6. The largest absolute Gasteiger partial charge is 0.384 e. The van der Waals surface area contributed by atoms with Crippen molar-refractivity contribution in [3.8, 4) is 0 Å². The Morgan fingerprint density at radius 3 is 2.59 bits per heavy atom. The number of unbranched alkanes of at least 4 members (excludes halogenated alkanes) is 2. The molecule has 7 heteroatoms. The quantitative estimate of drug-likeness (QED) is 0.0550. The standard InChI is InChI=1S/C42H68N6S/c1-11-25-43-35(7)40-23-18-20-27-48(40)36(8)42(33(5)13-3)45-34(6)39(44-26-19-14-15-21-32(4)12-2)30-37-31-47(29-28-46(9)49-10)41-24-17-16-22-38(37)41/h11,16-17,22,24,31,33,39-40,42-45H,1,4,6-8,12-15,18-21,23,25-30H2,2-3,5,9-10H3. The van der Waals surface area contributed by atoms with E-state index in [1.165, 1.54) is 47.7 Å². The molecule has 2 heterocycles. The highest BCUT2D eigenvalue weighted by molar-refractivity contribution is 7.96. The highest BCUT2D eigenvalue weighted by Crippen LogP contribution is 2.30. The maximum atomic E-state index is 4.76. The average molecular weight is 689 g/mol. The summed E-state index contributed by atoms with van der Waals surface area (Å²) in [6.45, 7) is 33.5. The molecule has 3 rings (SSSR count). The first-order chi connectivity index (χ1) is 23.6. The van der Waals surface area contributed by atoms with Crippen LogP contribution in [0.3, 0.4) is 0 Å². The van der Waals surface area contributed by atoms with E-state index in [1.54, 1.807) is 11.9 Å². The molecule has 1 aliphatic rings. The van der Waals surface area contributed by atoms with Gasteiger partial charge in [-0.1, -0.05) is 102 Å². The molecule has 0 spiro atoms. The Morgan fingerprint density at radius 1 is 1.10 bits per heavy atom. The number of fused-ring (bicyclic) bond motifs is 1. The zero-order valence-electron chi connectivity index (χ0n) is 31.7. The van der Waals surface area contributed by atoms with Crippen LogP contribution in [0.15, 0.2) is 92.1 Å². The molecule has 0 aliphatic carbocycles. The summed E-state index contributed by atoms with van der Waals surface area (Å²) in [5.41, 5.74) is 7.27. The fourth-order valence-electron chi connectivity index (χ4n) is 6.91. The normalized spacial score (nSPS) is 16.7. The molecule has 0 radical (unpaired) electrons. The molecule has 6 nitrogen and oxygen atoms in total. The minimum Gasteiger partial charge on any atom is -0.384 e. The van der Waals surface area contributed by atoms with Crippen LogP contribution < -0.4 is 16.0 Å². The zero-order chi connectivity index (χ0) is 35.8. The van der Waals surface area contributed by atoms with Crippen LogP contribution in [-0.2, 0) is 13.0 Å². The molecule has 4 unspecified atom stereocenters. The molecule has 0 bridgehead atoms. The average Bonchev–Trinajstić information content (AvgIpc) is 3.48. The van der Waals surface area contributed by atoms with Gasteiger partial charge < -0.3 is 25.4 Å². The molecular formula is C42H68N6S. The Bertz CT molecular complexity index is 1360. The first-order valence-electron chi connectivity index (χ1n) is 18.8. The Labute approximate surface area is 304 Å². The number of likely N-dealkylation sites (N-methyl/N-ethyl adjacent to an activating group) is 1. The van der Waals surface area contributed by atoms with Crippen molar-refractivity contribution in [3.63, 3.8) is 0 Å². The maximum absolute atomic E-state index is 4.76. The van der Waals surface area contributed by atoms with Gasteiger partial charge in [-0.05, 0) is 88.8 Å². The van der Waals surface area contributed by atoms with E-state index in [1.807, 2.05) is 6.08 Å². The van der Waals surface area contributed by atoms with E-state index in [4.69, 9.17) is 13.2 Å². The lowest BCUT2D eigenvalue weighted by Gasteiger charge is -2.44. The highest BCUT2D eigenvalue weighted by Gasteiger charge is 2.32. The summed E-state index contributed by atoms with van der Waals surface area (Å²) in [6.07, 6.45) is 17.6. The second-order valence-corrected chi connectivity index (χ2v) is 14.9. The summed E-state index contributed by atoms with van der Waals surface area (Å²) in [6, 6.07) is 9.25. The van der Waals surface area contributed by atoms with Gasteiger partial charge in [0.25, 0.3) is 0 Å². The number of hydrogen-bond donors (Lipinski definition) is 3. The third-order valence-electron chi connectivity index (χ3n) is 10.4. The second-order valence-electron chi connectivity index (χ2n) is 13.9. The van der Waals surface area contributed by atoms with E-state index in [0.717, 1.165) is 88.3 Å².